The lowest BCUT2D eigenvalue weighted by Crippen LogP contribution is -2.57. The molecule has 0 aliphatic heterocycles. The van der Waals surface area contributed by atoms with Crippen molar-refractivity contribution in [3.63, 3.8) is 0 Å². The summed E-state index contributed by atoms with van der Waals surface area (Å²) in [6.07, 6.45) is 4.56. The van der Waals surface area contributed by atoms with Crippen LogP contribution in [0.5, 0.6) is 0 Å². The standard InChI is InChI=1S/C20H28Si2/c1-21(2,3)19-14-10-13-18(20(19)22(4,5)6)16-15-17-11-8-7-9-12-17/h7-16H,1-6H3. The quantitative estimate of drug-likeness (QED) is 0.551. The molecule has 22 heavy (non-hydrogen) atoms. The summed E-state index contributed by atoms with van der Waals surface area (Å²) in [4.78, 5) is 0. The molecule has 2 rings (SSSR count). The molecule has 0 aliphatic carbocycles. The molecule has 0 N–H and O–H groups in total. The van der Waals surface area contributed by atoms with E-state index in [2.05, 4.69) is 100.0 Å². The van der Waals surface area contributed by atoms with Gasteiger partial charge in [0, 0.05) is 0 Å². The van der Waals surface area contributed by atoms with Gasteiger partial charge < -0.3 is 0 Å². The number of hydrogen-bond acceptors (Lipinski definition) is 0. The van der Waals surface area contributed by atoms with Crippen LogP contribution in [0.2, 0.25) is 39.3 Å². The van der Waals surface area contributed by atoms with Gasteiger partial charge in [-0.15, -0.1) is 0 Å². The van der Waals surface area contributed by atoms with Crippen molar-refractivity contribution in [1.82, 2.24) is 0 Å². The molecule has 0 aliphatic rings. The summed E-state index contributed by atoms with van der Waals surface area (Å²) in [5.74, 6) is 0. The lowest BCUT2D eigenvalue weighted by Gasteiger charge is -2.29. The zero-order valence-corrected chi connectivity index (χ0v) is 16.8. The average Bonchev–Trinajstić information content (AvgIpc) is 2.44. The third-order valence-corrected chi connectivity index (χ3v) is 8.25. The van der Waals surface area contributed by atoms with Crippen LogP contribution in [0.15, 0.2) is 48.5 Å². The second-order valence-corrected chi connectivity index (χ2v) is 18.1. The maximum Gasteiger partial charge on any atom is 0.0782 e. The Hall–Kier alpha value is -1.39. The van der Waals surface area contributed by atoms with Crippen molar-refractivity contribution < 1.29 is 0 Å². The molecule has 0 saturated heterocycles. The molecule has 0 nitrogen and oxygen atoms in total. The van der Waals surface area contributed by atoms with Crippen LogP contribution in [0.1, 0.15) is 11.1 Å². The van der Waals surface area contributed by atoms with Crippen LogP contribution in [0.3, 0.4) is 0 Å². The van der Waals surface area contributed by atoms with Crippen molar-refractivity contribution in [1.29, 1.82) is 0 Å². The molecule has 0 unspecified atom stereocenters. The Balaban J connectivity index is 2.55. The number of benzene rings is 2. The maximum atomic E-state index is 2.46. The minimum absolute atomic E-state index is 1.27. The molecule has 0 fully saturated rings. The van der Waals surface area contributed by atoms with E-state index in [1.807, 2.05) is 0 Å². The highest BCUT2D eigenvalue weighted by molar-refractivity contribution is 6.98. The summed E-state index contributed by atoms with van der Waals surface area (Å²) in [6, 6.07) is 17.5. The van der Waals surface area contributed by atoms with Gasteiger partial charge in [-0.1, -0.05) is 110 Å². The van der Waals surface area contributed by atoms with Crippen molar-refractivity contribution in [2.75, 3.05) is 0 Å². The van der Waals surface area contributed by atoms with Gasteiger partial charge in [0.2, 0.25) is 0 Å². The minimum atomic E-state index is -1.39. The van der Waals surface area contributed by atoms with Crippen molar-refractivity contribution in [2.45, 2.75) is 39.3 Å². The van der Waals surface area contributed by atoms with Crippen molar-refractivity contribution in [2.24, 2.45) is 0 Å². The molecule has 0 spiro atoms. The van der Waals surface area contributed by atoms with Gasteiger partial charge in [-0.05, 0) is 11.1 Å². The van der Waals surface area contributed by atoms with Gasteiger partial charge >= 0.3 is 0 Å². The first-order valence-corrected chi connectivity index (χ1v) is 15.1. The number of rotatable bonds is 4. The Morgan fingerprint density at radius 3 is 1.82 bits per heavy atom. The van der Waals surface area contributed by atoms with Gasteiger partial charge in [-0.25, -0.2) is 0 Å². The first kappa shape index (κ1) is 17.0. The monoisotopic (exact) mass is 324 g/mol. The molecule has 2 aromatic rings. The van der Waals surface area contributed by atoms with Crippen LogP contribution >= 0.6 is 0 Å². The third-order valence-electron chi connectivity index (χ3n) is 3.91. The summed E-state index contributed by atoms with van der Waals surface area (Å²) >= 11 is 0. The Bertz CT molecular complexity index is 656. The van der Waals surface area contributed by atoms with Crippen LogP contribution in [0, 0.1) is 0 Å². The van der Waals surface area contributed by atoms with E-state index < -0.39 is 16.1 Å². The van der Waals surface area contributed by atoms with Crippen molar-refractivity contribution in [3.05, 3.63) is 59.7 Å². The minimum Gasteiger partial charge on any atom is -0.0656 e. The SMILES string of the molecule is C[Si](C)(C)c1cccc(C=Cc2ccccc2)c1[Si](C)(C)C. The molecule has 0 atom stereocenters. The molecule has 0 amide bonds. The topological polar surface area (TPSA) is 0 Å². The third kappa shape index (κ3) is 4.08. The molecule has 0 heterocycles. The van der Waals surface area contributed by atoms with Crippen LogP contribution in [0.25, 0.3) is 12.2 Å². The van der Waals surface area contributed by atoms with Gasteiger partial charge in [0.05, 0.1) is 16.1 Å². The fourth-order valence-electron chi connectivity index (χ4n) is 2.92. The van der Waals surface area contributed by atoms with Crippen LogP contribution in [-0.2, 0) is 0 Å². The average molecular weight is 325 g/mol. The summed E-state index contributed by atoms with van der Waals surface area (Å²) in [7, 11) is -2.71. The first-order valence-electron chi connectivity index (χ1n) is 8.07. The lowest BCUT2D eigenvalue weighted by molar-refractivity contribution is 1.63. The Labute approximate surface area is 137 Å². The zero-order valence-electron chi connectivity index (χ0n) is 14.8. The van der Waals surface area contributed by atoms with Crippen molar-refractivity contribution >= 4 is 38.7 Å². The molecule has 0 radical (unpaired) electrons. The van der Waals surface area contributed by atoms with Gasteiger partial charge in [0.15, 0.2) is 0 Å². The Kier molecular flexibility index (Phi) is 4.93. The van der Waals surface area contributed by atoms with Crippen LogP contribution < -0.4 is 10.4 Å². The molecule has 2 heteroatoms. The molecule has 116 valence electrons. The second kappa shape index (κ2) is 6.39. The van der Waals surface area contributed by atoms with Gasteiger partial charge in [0.1, 0.15) is 0 Å². The van der Waals surface area contributed by atoms with E-state index >= 15 is 0 Å². The predicted molar refractivity (Wildman–Crippen MR) is 108 cm³/mol. The highest BCUT2D eigenvalue weighted by Gasteiger charge is 2.28. The molecule has 0 saturated carbocycles. The van der Waals surface area contributed by atoms with E-state index in [-0.39, 0.29) is 0 Å². The zero-order chi connectivity index (χ0) is 16.4. The van der Waals surface area contributed by atoms with Gasteiger partial charge in [-0.2, -0.15) is 0 Å². The van der Waals surface area contributed by atoms with E-state index in [9.17, 15) is 0 Å². The van der Waals surface area contributed by atoms with Gasteiger partial charge in [0.25, 0.3) is 0 Å². The van der Waals surface area contributed by atoms with E-state index in [1.54, 1.807) is 10.4 Å². The van der Waals surface area contributed by atoms with E-state index in [4.69, 9.17) is 0 Å². The number of hydrogen-bond donors (Lipinski definition) is 0. The summed E-state index contributed by atoms with van der Waals surface area (Å²) in [6.45, 7) is 14.8. The molecular weight excluding hydrogens is 296 g/mol. The summed E-state index contributed by atoms with van der Waals surface area (Å²) in [5.41, 5.74) is 2.69. The van der Waals surface area contributed by atoms with Crippen LogP contribution in [0.4, 0.5) is 0 Å². The van der Waals surface area contributed by atoms with Gasteiger partial charge in [-0.3, -0.25) is 0 Å². The predicted octanol–water partition coefficient (Wildman–Crippen LogP) is 4.95. The molecular formula is C20H28Si2. The fourth-order valence-corrected chi connectivity index (χ4v) is 8.59. The van der Waals surface area contributed by atoms with E-state index in [1.165, 1.54) is 11.1 Å². The Morgan fingerprint density at radius 2 is 1.27 bits per heavy atom. The maximum absolute atomic E-state index is 2.46. The lowest BCUT2D eigenvalue weighted by atomic mass is 10.1. The van der Waals surface area contributed by atoms with Crippen LogP contribution in [-0.4, -0.2) is 16.1 Å². The summed E-state index contributed by atoms with van der Waals surface area (Å²) < 4.78 is 0. The first-order chi connectivity index (χ1) is 10.2. The second-order valence-electron chi connectivity index (χ2n) is 8.01. The van der Waals surface area contributed by atoms with Crippen molar-refractivity contribution in [3.8, 4) is 0 Å². The molecule has 0 bridgehead atoms. The normalized spacial score (nSPS) is 12.8. The smallest absolute Gasteiger partial charge is 0.0656 e. The highest BCUT2D eigenvalue weighted by atomic mass is 28.3. The highest BCUT2D eigenvalue weighted by Crippen LogP contribution is 2.13. The Morgan fingerprint density at radius 1 is 0.636 bits per heavy atom. The van der Waals surface area contributed by atoms with E-state index in [0.29, 0.717) is 0 Å². The fraction of sp³-hybridized carbons (Fsp3) is 0.300. The largest absolute Gasteiger partial charge is 0.0782 e. The molecule has 2 aromatic carbocycles. The molecule has 0 aromatic heterocycles. The van der Waals surface area contributed by atoms with E-state index in [0.717, 1.165) is 0 Å². The summed E-state index contributed by atoms with van der Waals surface area (Å²) in [5, 5.41) is 3.29.